The summed E-state index contributed by atoms with van der Waals surface area (Å²) in [4.78, 5) is 41.4. The molecule has 6 rings (SSSR count). The number of anilines is 2. The zero-order valence-corrected chi connectivity index (χ0v) is 34.4. The molecule has 1 amide bonds. The van der Waals surface area contributed by atoms with Gasteiger partial charge in [0.15, 0.2) is 0 Å². The molecule has 0 bridgehead atoms. The molecule has 1 aliphatic carbocycles. The lowest BCUT2D eigenvalue weighted by atomic mass is 9.73. The Labute approximate surface area is 334 Å². The molecule has 11 nitrogen and oxygen atoms in total. The Kier molecular flexibility index (Phi) is 12.9. The molecule has 3 aliphatic rings. The topological polar surface area (TPSA) is 126 Å². The predicted molar refractivity (Wildman–Crippen MR) is 217 cm³/mol. The fraction of sp³-hybridized carbons (Fsp3) is 0.628. The molecule has 2 saturated heterocycles. The van der Waals surface area contributed by atoms with Crippen LogP contribution in [0.3, 0.4) is 0 Å². The number of aromatic nitrogens is 2. The number of hydrogen-bond donors (Lipinski definition) is 2. The second-order valence-corrected chi connectivity index (χ2v) is 17.4. The molecule has 14 heteroatoms. The van der Waals surface area contributed by atoms with Crippen molar-refractivity contribution in [1.29, 1.82) is 0 Å². The molecule has 3 N–H and O–H groups in total. The number of piperidine rings is 1. The number of carbonyl (C=O) groups excluding carboxylic acids is 2. The summed E-state index contributed by atoms with van der Waals surface area (Å²) >= 11 is 0. The van der Waals surface area contributed by atoms with E-state index in [1.54, 1.807) is 27.0 Å². The summed E-state index contributed by atoms with van der Waals surface area (Å²) in [6.45, 7) is 15.4. The van der Waals surface area contributed by atoms with Crippen molar-refractivity contribution in [3.05, 3.63) is 52.8 Å². The van der Waals surface area contributed by atoms with E-state index < -0.39 is 28.9 Å². The number of aldehydes is 1. The van der Waals surface area contributed by atoms with Gasteiger partial charge >= 0.3 is 12.3 Å². The summed E-state index contributed by atoms with van der Waals surface area (Å²) in [6.07, 6.45) is 3.89. The highest BCUT2D eigenvalue weighted by atomic mass is 19.4. The first-order valence-corrected chi connectivity index (χ1v) is 20.5. The molecule has 2 aromatic carbocycles. The highest BCUT2D eigenvalue weighted by Gasteiger charge is 2.42. The van der Waals surface area contributed by atoms with E-state index in [0.717, 1.165) is 126 Å². The lowest BCUT2D eigenvalue weighted by molar-refractivity contribution is -0.137. The van der Waals surface area contributed by atoms with Crippen LogP contribution >= 0.6 is 0 Å². The summed E-state index contributed by atoms with van der Waals surface area (Å²) in [5.74, 6) is 2.53. The summed E-state index contributed by atoms with van der Waals surface area (Å²) in [7, 11) is 1.64. The Bertz CT molecular complexity index is 1880. The zero-order valence-electron chi connectivity index (χ0n) is 34.4. The van der Waals surface area contributed by atoms with Gasteiger partial charge in [-0.05, 0) is 140 Å². The number of fused-ring (bicyclic) bond motifs is 1. The normalized spacial score (nSPS) is 22.3. The first-order chi connectivity index (χ1) is 27.0. The van der Waals surface area contributed by atoms with Crippen molar-refractivity contribution in [3.8, 4) is 5.75 Å². The number of likely N-dealkylation sites (tertiary alicyclic amines) is 1. The van der Waals surface area contributed by atoms with E-state index in [1.807, 2.05) is 37.8 Å². The van der Waals surface area contributed by atoms with Crippen molar-refractivity contribution in [1.82, 2.24) is 24.7 Å². The van der Waals surface area contributed by atoms with Gasteiger partial charge in [0.1, 0.15) is 29.3 Å². The molecule has 3 fully saturated rings. The van der Waals surface area contributed by atoms with Gasteiger partial charge in [-0.3, -0.25) is 4.90 Å². The van der Waals surface area contributed by atoms with Crippen LogP contribution in [0, 0.1) is 12.8 Å². The maximum Gasteiger partial charge on any atom is 0.416 e. The van der Waals surface area contributed by atoms with Gasteiger partial charge in [0.25, 0.3) is 0 Å². The third-order valence-electron chi connectivity index (χ3n) is 12.2. The summed E-state index contributed by atoms with van der Waals surface area (Å²) < 4.78 is 52.2. The number of halogens is 3. The van der Waals surface area contributed by atoms with Gasteiger partial charge in [-0.25, -0.2) is 14.8 Å². The number of nitrogens with zero attached hydrogens (tertiary/aromatic N) is 5. The van der Waals surface area contributed by atoms with Crippen molar-refractivity contribution in [2.75, 3.05) is 64.0 Å². The van der Waals surface area contributed by atoms with Crippen LogP contribution in [0.2, 0.25) is 0 Å². The van der Waals surface area contributed by atoms with E-state index in [-0.39, 0.29) is 17.7 Å². The Morgan fingerprint density at radius 3 is 2.30 bits per heavy atom. The number of ether oxygens (including phenoxy) is 2. The second kappa shape index (κ2) is 17.4. The number of aryl methyl sites for hydroxylation is 1. The van der Waals surface area contributed by atoms with Crippen molar-refractivity contribution in [2.24, 2.45) is 5.92 Å². The molecular formula is C43H60F3N7O4. The van der Waals surface area contributed by atoms with E-state index in [2.05, 4.69) is 25.1 Å². The first-order valence-electron chi connectivity index (χ1n) is 20.5. The maximum atomic E-state index is 13.6. The molecule has 3 aromatic rings. The van der Waals surface area contributed by atoms with Gasteiger partial charge in [-0.2, -0.15) is 13.2 Å². The standard InChI is InChI=1S/C43H60F3N7O4/c1-28(32-22-33(43(44,45)46)24-34(47)23-32)48-39-36-25-35(38(56-6)26-37(36)49-29(2)50-39)31-9-13-42(27-54,14-10-31)53-20-18-51(19-21-53)15-7-8-30-11-16-52(17-12-30)40(55)57-41(3,4)5/h22-28,30-31H,7-21,47H2,1-6H3,(H,48,49,50)/t28-,31?,42?/m1/s1. The van der Waals surface area contributed by atoms with Crippen molar-refractivity contribution < 1.29 is 32.2 Å². The molecule has 312 valence electrons. The van der Waals surface area contributed by atoms with Crippen LogP contribution in [0.1, 0.15) is 114 Å². The van der Waals surface area contributed by atoms with Gasteiger partial charge < -0.3 is 35.1 Å². The molecular weight excluding hydrogens is 736 g/mol. The van der Waals surface area contributed by atoms with Gasteiger partial charge in [0, 0.05) is 56.4 Å². The van der Waals surface area contributed by atoms with E-state index in [9.17, 15) is 22.8 Å². The van der Waals surface area contributed by atoms with E-state index in [1.165, 1.54) is 6.29 Å². The van der Waals surface area contributed by atoms with Crippen LogP contribution in [0.25, 0.3) is 10.9 Å². The highest BCUT2D eigenvalue weighted by Crippen LogP contribution is 2.45. The third kappa shape index (κ3) is 10.3. The molecule has 1 saturated carbocycles. The van der Waals surface area contributed by atoms with E-state index in [0.29, 0.717) is 28.6 Å². The van der Waals surface area contributed by atoms with Crippen LogP contribution in [0.4, 0.5) is 29.5 Å². The van der Waals surface area contributed by atoms with Crippen LogP contribution in [-0.2, 0) is 15.7 Å². The smallest absolute Gasteiger partial charge is 0.416 e. The quantitative estimate of drug-likeness (QED) is 0.145. The summed E-state index contributed by atoms with van der Waals surface area (Å²) in [5.41, 5.74) is 6.22. The fourth-order valence-corrected chi connectivity index (χ4v) is 8.96. The summed E-state index contributed by atoms with van der Waals surface area (Å²) in [6, 6.07) is 7.02. The Balaban J connectivity index is 1.05. The largest absolute Gasteiger partial charge is 0.496 e. The van der Waals surface area contributed by atoms with Crippen LogP contribution in [0.15, 0.2) is 30.3 Å². The molecule has 57 heavy (non-hydrogen) atoms. The van der Waals surface area contributed by atoms with Gasteiger partial charge in [-0.1, -0.05) is 0 Å². The first kappa shape index (κ1) is 42.4. The minimum Gasteiger partial charge on any atom is -0.496 e. The third-order valence-corrected chi connectivity index (χ3v) is 12.2. The molecule has 0 unspecified atom stereocenters. The number of nitrogens with one attached hydrogen (secondary N) is 1. The van der Waals surface area contributed by atoms with Crippen LogP contribution in [-0.4, -0.2) is 101 Å². The minimum atomic E-state index is -4.52. The molecule has 2 aliphatic heterocycles. The number of nitrogen functional groups attached to an aromatic ring is 1. The lowest BCUT2D eigenvalue weighted by Crippen LogP contribution is -2.59. The second-order valence-electron chi connectivity index (χ2n) is 17.4. The average Bonchev–Trinajstić information content (AvgIpc) is 3.16. The van der Waals surface area contributed by atoms with Gasteiger partial charge in [0.05, 0.1) is 29.8 Å². The number of benzene rings is 2. The zero-order chi connectivity index (χ0) is 41.1. The monoisotopic (exact) mass is 795 g/mol. The number of methoxy groups -OCH3 is 1. The maximum absolute atomic E-state index is 13.6. The molecule has 1 aromatic heterocycles. The number of hydrogen-bond acceptors (Lipinski definition) is 10. The van der Waals surface area contributed by atoms with Gasteiger partial charge in [0.2, 0.25) is 0 Å². The molecule has 0 spiro atoms. The molecule has 0 radical (unpaired) electrons. The number of alkyl halides is 3. The SMILES string of the molecule is COc1cc2nc(C)nc(N[C@H](C)c3cc(N)cc(C(F)(F)F)c3)c2cc1C1CCC(C=O)(N2CCN(CCCC3CCN(C(=O)OC(C)(C)C)CC3)CC2)CC1. The van der Waals surface area contributed by atoms with Crippen molar-refractivity contribution >= 4 is 34.8 Å². The Hall–Kier alpha value is -4.17. The Morgan fingerprint density at radius 1 is 1.00 bits per heavy atom. The average molecular weight is 796 g/mol. The summed E-state index contributed by atoms with van der Waals surface area (Å²) in [5, 5.41) is 4.08. The fourth-order valence-electron chi connectivity index (χ4n) is 8.96. The number of carbonyl (C=O) groups is 2. The van der Waals surface area contributed by atoms with Gasteiger partial charge in [-0.15, -0.1) is 0 Å². The Morgan fingerprint density at radius 2 is 1.68 bits per heavy atom. The minimum absolute atomic E-state index is 0.0384. The van der Waals surface area contributed by atoms with Crippen molar-refractivity contribution in [2.45, 2.75) is 115 Å². The number of nitrogens with two attached hydrogens (primary N) is 1. The number of piperazine rings is 1. The van der Waals surface area contributed by atoms with Crippen molar-refractivity contribution in [3.63, 3.8) is 0 Å². The predicted octanol–water partition coefficient (Wildman–Crippen LogP) is 8.36. The number of amides is 1. The van der Waals surface area contributed by atoms with E-state index in [4.69, 9.17) is 15.2 Å². The lowest BCUT2D eigenvalue weighted by Gasteiger charge is -2.48. The molecule has 3 heterocycles. The molecule has 1 atom stereocenters. The van der Waals surface area contributed by atoms with E-state index >= 15 is 0 Å². The number of rotatable bonds is 11. The van der Waals surface area contributed by atoms with Crippen LogP contribution < -0.4 is 15.8 Å². The highest BCUT2D eigenvalue weighted by molar-refractivity contribution is 5.91. The van der Waals surface area contributed by atoms with Crippen LogP contribution in [0.5, 0.6) is 5.75 Å².